The topological polar surface area (TPSA) is 0 Å². The number of hydrogen-bond acceptors (Lipinski definition) is 0. The number of allylic oxidation sites excluding steroid dienone is 3. The summed E-state index contributed by atoms with van der Waals surface area (Å²) in [6.07, 6.45) is 6.73. The average Bonchev–Trinajstić information content (AvgIpc) is 2.53. The average molecular weight is 290 g/mol. The fourth-order valence-electron chi connectivity index (χ4n) is 2.67. The Balaban J connectivity index is 2.01. The quantitative estimate of drug-likeness (QED) is 0.398. The molecule has 0 spiro atoms. The van der Waals surface area contributed by atoms with Gasteiger partial charge >= 0.3 is 0 Å². The second-order valence-corrected chi connectivity index (χ2v) is 6.12. The monoisotopic (exact) mass is 290 g/mol. The Bertz CT molecular complexity index is 628. The molecule has 0 heterocycles. The Labute approximate surface area is 135 Å². The lowest BCUT2D eigenvalue weighted by atomic mass is 9.94. The molecule has 0 unspecified atom stereocenters. The fraction of sp³-hybridized carbons (Fsp3) is 0.273. The molecular weight excluding hydrogens is 264 g/mol. The molecular formula is C22H26. The summed E-state index contributed by atoms with van der Waals surface area (Å²) < 4.78 is 0. The Morgan fingerprint density at radius 3 is 2.36 bits per heavy atom. The van der Waals surface area contributed by atoms with E-state index in [-0.39, 0.29) is 0 Å². The molecule has 0 fully saturated rings. The Hall–Kier alpha value is -2.08. The molecule has 22 heavy (non-hydrogen) atoms. The number of unbranched alkanes of at least 4 members (excludes halogenated alkanes) is 1. The lowest BCUT2D eigenvalue weighted by Crippen LogP contribution is -1.93. The second-order valence-electron chi connectivity index (χ2n) is 6.12. The highest BCUT2D eigenvalue weighted by Crippen LogP contribution is 2.26. The summed E-state index contributed by atoms with van der Waals surface area (Å²) in [6, 6.07) is 19.3. The largest absolute Gasteiger partial charge is 0.0995 e. The summed E-state index contributed by atoms with van der Waals surface area (Å²) in [5.41, 5.74) is 6.72. The van der Waals surface area contributed by atoms with E-state index in [1.165, 1.54) is 34.3 Å². The van der Waals surface area contributed by atoms with Crippen LogP contribution in [-0.4, -0.2) is 0 Å². The van der Waals surface area contributed by atoms with Crippen LogP contribution in [0.4, 0.5) is 0 Å². The van der Waals surface area contributed by atoms with Gasteiger partial charge in [-0.25, -0.2) is 0 Å². The molecule has 0 heteroatoms. The highest BCUT2D eigenvalue weighted by atomic mass is 14.1. The molecule has 0 nitrogen and oxygen atoms in total. The van der Waals surface area contributed by atoms with E-state index < -0.39 is 0 Å². The first-order chi connectivity index (χ1) is 10.7. The van der Waals surface area contributed by atoms with Crippen molar-refractivity contribution in [2.24, 2.45) is 0 Å². The normalized spacial score (nSPS) is 10.3. The number of benzene rings is 2. The maximum Gasteiger partial charge on any atom is -0.00637 e. The van der Waals surface area contributed by atoms with Crippen LogP contribution in [0.1, 0.15) is 38.7 Å². The standard InChI is InChI=1S/C22H26/c1-18(2)11-7-8-12-19(3)17-21-15-9-10-16-22(21)20-13-5-4-6-14-20/h4-6,9-11,13-16H,3,7-8,12,17H2,1-2H3. The van der Waals surface area contributed by atoms with Crippen molar-refractivity contribution in [2.45, 2.75) is 39.5 Å². The van der Waals surface area contributed by atoms with Crippen LogP contribution in [-0.2, 0) is 6.42 Å². The Kier molecular flexibility index (Phi) is 6.21. The third-order valence-electron chi connectivity index (χ3n) is 3.83. The summed E-state index contributed by atoms with van der Waals surface area (Å²) in [7, 11) is 0. The van der Waals surface area contributed by atoms with E-state index in [1.54, 1.807) is 0 Å². The van der Waals surface area contributed by atoms with Crippen LogP contribution in [0, 0.1) is 0 Å². The van der Waals surface area contributed by atoms with E-state index in [4.69, 9.17) is 0 Å². The number of hydrogen-bond donors (Lipinski definition) is 0. The zero-order valence-electron chi connectivity index (χ0n) is 13.8. The maximum absolute atomic E-state index is 4.28. The lowest BCUT2D eigenvalue weighted by Gasteiger charge is -2.11. The van der Waals surface area contributed by atoms with Gasteiger partial charge in [-0.1, -0.05) is 78.4 Å². The van der Waals surface area contributed by atoms with Gasteiger partial charge in [-0.05, 0) is 56.2 Å². The summed E-state index contributed by atoms with van der Waals surface area (Å²) in [6.45, 7) is 8.60. The van der Waals surface area contributed by atoms with E-state index >= 15 is 0 Å². The van der Waals surface area contributed by atoms with Crippen LogP contribution < -0.4 is 0 Å². The molecule has 0 bridgehead atoms. The smallest absolute Gasteiger partial charge is 0.00637 e. The molecule has 0 aliphatic heterocycles. The van der Waals surface area contributed by atoms with Crippen LogP contribution in [0.15, 0.2) is 78.4 Å². The van der Waals surface area contributed by atoms with E-state index in [1.807, 2.05) is 0 Å². The van der Waals surface area contributed by atoms with Crippen LogP contribution in [0.25, 0.3) is 11.1 Å². The van der Waals surface area contributed by atoms with Crippen molar-refractivity contribution in [2.75, 3.05) is 0 Å². The predicted molar refractivity (Wildman–Crippen MR) is 98.0 cm³/mol. The summed E-state index contributed by atoms with van der Waals surface area (Å²) in [5, 5.41) is 0. The van der Waals surface area contributed by atoms with Gasteiger partial charge < -0.3 is 0 Å². The van der Waals surface area contributed by atoms with Crippen molar-refractivity contribution in [3.05, 3.63) is 84.0 Å². The third-order valence-corrected chi connectivity index (χ3v) is 3.83. The van der Waals surface area contributed by atoms with Crippen LogP contribution >= 0.6 is 0 Å². The molecule has 0 aromatic heterocycles. The first kappa shape index (κ1) is 16.3. The minimum absolute atomic E-state index is 0.972. The van der Waals surface area contributed by atoms with Gasteiger partial charge in [0.1, 0.15) is 0 Å². The third kappa shape index (κ3) is 5.04. The molecule has 2 rings (SSSR count). The first-order valence-electron chi connectivity index (χ1n) is 8.10. The minimum atomic E-state index is 0.972. The van der Waals surface area contributed by atoms with Crippen molar-refractivity contribution in [3.8, 4) is 11.1 Å². The molecule has 0 N–H and O–H groups in total. The van der Waals surface area contributed by atoms with Crippen LogP contribution in [0.5, 0.6) is 0 Å². The van der Waals surface area contributed by atoms with Gasteiger partial charge in [0.25, 0.3) is 0 Å². The molecule has 0 saturated carbocycles. The summed E-state index contributed by atoms with van der Waals surface area (Å²) in [4.78, 5) is 0. The molecule has 2 aromatic rings. The number of rotatable bonds is 7. The minimum Gasteiger partial charge on any atom is -0.0995 e. The summed E-state index contributed by atoms with van der Waals surface area (Å²) in [5.74, 6) is 0. The maximum atomic E-state index is 4.28. The zero-order valence-corrected chi connectivity index (χ0v) is 13.8. The molecule has 0 aliphatic carbocycles. The van der Waals surface area contributed by atoms with Gasteiger partial charge in [-0.3, -0.25) is 0 Å². The molecule has 114 valence electrons. The highest BCUT2D eigenvalue weighted by Gasteiger charge is 2.05. The van der Waals surface area contributed by atoms with Gasteiger partial charge in [-0.15, -0.1) is 0 Å². The molecule has 0 amide bonds. The molecule has 0 radical (unpaired) electrons. The van der Waals surface area contributed by atoms with E-state index in [0.717, 1.165) is 19.3 Å². The van der Waals surface area contributed by atoms with E-state index in [2.05, 4.69) is 81.1 Å². The van der Waals surface area contributed by atoms with Crippen molar-refractivity contribution in [1.29, 1.82) is 0 Å². The van der Waals surface area contributed by atoms with Gasteiger partial charge in [0, 0.05) is 0 Å². The SMILES string of the molecule is C=C(CCCC=C(C)C)Cc1ccccc1-c1ccccc1. The van der Waals surface area contributed by atoms with E-state index in [0.29, 0.717) is 0 Å². The summed E-state index contributed by atoms with van der Waals surface area (Å²) >= 11 is 0. The van der Waals surface area contributed by atoms with Gasteiger partial charge in [0.2, 0.25) is 0 Å². The molecule has 0 aliphatic rings. The zero-order chi connectivity index (χ0) is 15.8. The Morgan fingerprint density at radius 2 is 1.64 bits per heavy atom. The van der Waals surface area contributed by atoms with Gasteiger partial charge in [-0.2, -0.15) is 0 Å². The second kappa shape index (κ2) is 8.38. The molecule has 2 aromatic carbocycles. The Morgan fingerprint density at radius 1 is 0.955 bits per heavy atom. The first-order valence-corrected chi connectivity index (χ1v) is 8.10. The van der Waals surface area contributed by atoms with Crippen molar-refractivity contribution in [1.82, 2.24) is 0 Å². The van der Waals surface area contributed by atoms with Crippen molar-refractivity contribution >= 4 is 0 Å². The van der Waals surface area contributed by atoms with Crippen LogP contribution in [0.2, 0.25) is 0 Å². The van der Waals surface area contributed by atoms with Crippen LogP contribution in [0.3, 0.4) is 0 Å². The molecule has 0 atom stereocenters. The highest BCUT2D eigenvalue weighted by molar-refractivity contribution is 5.67. The fourth-order valence-corrected chi connectivity index (χ4v) is 2.67. The van der Waals surface area contributed by atoms with Gasteiger partial charge in [0.15, 0.2) is 0 Å². The van der Waals surface area contributed by atoms with Crippen molar-refractivity contribution in [3.63, 3.8) is 0 Å². The van der Waals surface area contributed by atoms with Gasteiger partial charge in [0.05, 0.1) is 0 Å². The molecule has 0 saturated heterocycles. The van der Waals surface area contributed by atoms with E-state index in [9.17, 15) is 0 Å². The predicted octanol–water partition coefficient (Wildman–Crippen LogP) is 6.59. The lowest BCUT2D eigenvalue weighted by molar-refractivity contribution is 0.810. The van der Waals surface area contributed by atoms with Crippen molar-refractivity contribution < 1.29 is 0 Å².